The van der Waals surface area contributed by atoms with E-state index in [-0.39, 0.29) is 0 Å². The summed E-state index contributed by atoms with van der Waals surface area (Å²) < 4.78 is 28.6. The van der Waals surface area contributed by atoms with E-state index >= 15 is 0 Å². The van der Waals surface area contributed by atoms with Gasteiger partial charge in [-0.2, -0.15) is 8.42 Å². The fraction of sp³-hybridized carbons (Fsp3) is 0.857. The molecule has 0 aromatic rings. The lowest BCUT2D eigenvalue weighted by atomic mass is 10.2. The molecule has 0 saturated heterocycles. The van der Waals surface area contributed by atoms with Crippen LogP contribution in [0.5, 0.6) is 0 Å². The van der Waals surface area contributed by atoms with Gasteiger partial charge >= 0.3 is 0 Å². The quantitative estimate of drug-likeness (QED) is 0.501. The maximum Gasteiger partial charge on any atom is 0.269 e. The lowest BCUT2D eigenvalue weighted by Gasteiger charge is -1.96. The van der Waals surface area contributed by atoms with E-state index in [1.165, 1.54) is 0 Å². The van der Waals surface area contributed by atoms with Gasteiger partial charge in [-0.15, -0.1) is 0 Å². The van der Waals surface area contributed by atoms with E-state index in [0.717, 1.165) is 31.4 Å². The van der Waals surface area contributed by atoms with E-state index in [1.807, 2.05) is 0 Å². The molecule has 67 valence electrons. The monoisotopic (exact) mass is 179 g/mol. The van der Waals surface area contributed by atoms with Crippen LogP contribution in [0.2, 0.25) is 0 Å². The highest BCUT2D eigenvalue weighted by Gasteiger charge is 2.03. The van der Waals surface area contributed by atoms with Gasteiger partial charge in [0.2, 0.25) is 0 Å². The number of rotatable bonds is 6. The maximum absolute atomic E-state index is 10.2. The van der Waals surface area contributed by atoms with Crippen molar-refractivity contribution >= 4 is 10.1 Å². The first-order valence-electron chi connectivity index (χ1n) is 3.87. The van der Waals surface area contributed by atoms with Gasteiger partial charge in [0.25, 0.3) is 10.1 Å². The average Bonchev–Trinajstić information content (AvgIpc) is 1.85. The molecule has 0 saturated carbocycles. The first-order valence-corrected chi connectivity index (χ1v) is 5.37. The lowest BCUT2D eigenvalue weighted by Crippen LogP contribution is -1.96. The fourth-order valence-electron chi connectivity index (χ4n) is 0.803. The number of hydrogen-bond donors (Lipinski definition) is 1. The smallest absolute Gasteiger partial charge is 0.269 e. The van der Waals surface area contributed by atoms with E-state index in [9.17, 15) is 8.42 Å². The van der Waals surface area contributed by atoms with Gasteiger partial charge in [0.1, 0.15) is 5.75 Å². The minimum absolute atomic E-state index is 0.457. The van der Waals surface area contributed by atoms with Crippen molar-refractivity contribution in [2.75, 3.05) is 0 Å². The highest BCUT2D eigenvalue weighted by atomic mass is 32.2. The van der Waals surface area contributed by atoms with Gasteiger partial charge in [-0.05, 0) is 6.42 Å². The zero-order valence-electron chi connectivity index (χ0n) is 6.78. The summed E-state index contributed by atoms with van der Waals surface area (Å²) in [7, 11) is -3.84. The molecule has 0 rings (SSSR count). The van der Waals surface area contributed by atoms with E-state index in [0.29, 0.717) is 6.42 Å². The van der Waals surface area contributed by atoms with Crippen LogP contribution in [0.1, 0.15) is 39.0 Å². The molecular weight excluding hydrogens is 164 g/mol. The molecule has 0 bridgehead atoms. The normalized spacial score (nSPS) is 11.8. The molecule has 1 N–H and O–H groups in total. The van der Waals surface area contributed by atoms with Gasteiger partial charge in [0.15, 0.2) is 0 Å². The summed E-state index contributed by atoms with van der Waals surface area (Å²) in [6, 6.07) is 0. The molecule has 0 aliphatic heterocycles. The van der Waals surface area contributed by atoms with Crippen LogP contribution < -0.4 is 0 Å². The third-order valence-electron chi connectivity index (χ3n) is 1.39. The van der Waals surface area contributed by atoms with Crippen LogP contribution in [0.4, 0.5) is 0 Å². The number of unbranched alkanes of at least 4 members (excludes halogenated alkanes) is 4. The van der Waals surface area contributed by atoms with Crippen molar-refractivity contribution in [1.82, 2.24) is 0 Å². The van der Waals surface area contributed by atoms with Crippen molar-refractivity contribution in [1.29, 1.82) is 0 Å². The Morgan fingerprint density at radius 1 is 1.27 bits per heavy atom. The zero-order chi connectivity index (χ0) is 8.74. The summed E-state index contributed by atoms with van der Waals surface area (Å²) in [5.41, 5.74) is 0. The molecule has 0 heterocycles. The molecular formula is C7H15O3S. The van der Waals surface area contributed by atoms with Crippen LogP contribution in [0.15, 0.2) is 0 Å². The Hall–Kier alpha value is -0.0900. The van der Waals surface area contributed by atoms with E-state index in [4.69, 9.17) is 4.55 Å². The van der Waals surface area contributed by atoms with Crippen LogP contribution in [-0.2, 0) is 10.1 Å². The molecule has 0 aliphatic carbocycles. The Bertz CT molecular complexity index is 172. The molecule has 0 fully saturated rings. The van der Waals surface area contributed by atoms with Crippen LogP contribution in [0.25, 0.3) is 0 Å². The topological polar surface area (TPSA) is 54.4 Å². The minimum Gasteiger partial charge on any atom is -0.285 e. The Balaban J connectivity index is 3.16. The second-order valence-corrected chi connectivity index (χ2v) is 3.89. The zero-order valence-corrected chi connectivity index (χ0v) is 7.60. The minimum atomic E-state index is -3.84. The largest absolute Gasteiger partial charge is 0.285 e. The Kier molecular flexibility index (Phi) is 5.50. The summed E-state index contributed by atoms with van der Waals surface area (Å²) >= 11 is 0. The van der Waals surface area contributed by atoms with Gasteiger partial charge < -0.3 is 0 Å². The first-order chi connectivity index (χ1) is 5.06. The molecule has 3 nitrogen and oxygen atoms in total. The van der Waals surface area contributed by atoms with Gasteiger partial charge in [0, 0.05) is 0 Å². The highest BCUT2D eigenvalue weighted by molar-refractivity contribution is 7.87. The lowest BCUT2D eigenvalue weighted by molar-refractivity contribution is 0.487. The summed E-state index contributed by atoms with van der Waals surface area (Å²) in [6.07, 6.45) is 4.58. The van der Waals surface area contributed by atoms with Crippen LogP contribution in [0, 0.1) is 5.75 Å². The van der Waals surface area contributed by atoms with Crippen molar-refractivity contribution in [2.45, 2.75) is 39.0 Å². The third-order valence-corrected chi connectivity index (χ3v) is 2.04. The molecule has 0 atom stereocenters. The first kappa shape index (κ1) is 10.9. The average molecular weight is 179 g/mol. The van der Waals surface area contributed by atoms with Gasteiger partial charge in [-0.25, -0.2) is 0 Å². The highest BCUT2D eigenvalue weighted by Crippen LogP contribution is 2.06. The van der Waals surface area contributed by atoms with Gasteiger partial charge in [-0.1, -0.05) is 32.6 Å². The van der Waals surface area contributed by atoms with E-state index in [2.05, 4.69) is 6.92 Å². The predicted molar refractivity (Wildman–Crippen MR) is 44.6 cm³/mol. The van der Waals surface area contributed by atoms with Gasteiger partial charge in [0.05, 0.1) is 0 Å². The summed E-state index contributed by atoms with van der Waals surface area (Å²) in [6.45, 7) is 2.09. The van der Waals surface area contributed by atoms with Crippen molar-refractivity contribution in [2.24, 2.45) is 0 Å². The molecule has 11 heavy (non-hydrogen) atoms. The second-order valence-electron chi connectivity index (χ2n) is 2.53. The standard InChI is InChI=1S/C7H15O3S/c1-2-3-4-5-6-7-11(8,9)10/h7H,2-6H2,1H3,(H,8,9,10). The maximum atomic E-state index is 10.2. The molecule has 0 aromatic carbocycles. The van der Waals surface area contributed by atoms with Crippen LogP contribution in [0.3, 0.4) is 0 Å². The molecule has 0 amide bonds. The fourth-order valence-corrected chi connectivity index (χ4v) is 1.27. The summed E-state index contributed by atoms with van der Waals surface area (Å²) in [5.74, 6) is 0.961. The van der Waals surface area contributed by atoms with Crippen molar-refractivity contribution < 1.29 is 13.0 Å². The second kappa shape index (κ2) is 5.55. The molecule has 4 heteroatoms. The molecule has 1 radical (unpaired) electrons. The van der Waals surface area contributed by atoms with E-state index in [1.54, 1.807) is 0 Å². The Morgan fingerprint density at radius 2 is 1.91 bits per heavy atom. The van der Waals surface area contributed by atoms with Crippen molar-refractivity contribution in [3.63, 3.8) is 0 Å². The Morgan fingerprint density at radius 3 is 2.36 bits per heavy atom. The van der Waals surface area contributed by atoms with Gasteiger partial charge in [-0.3, -0.25) is 4.55 Å². The molecule has 0 unspecified atom stereocenters. The third kappa shape index (κ3) is 9.91. The Labute approximate surface area is 68.6 Å². The molecule has 0 spiro atoms. The van der Waals surface area contributed by atoms with Crippen LogP contribution >= 0.6 is 0 Å². The van der Waals surface area contributed by atoms with E-state index < -0.39 is 10.1 Å². The molecule has 0 aliphatic rings. The summed E-state index contributed by atoms with van der Waals surface area (Å²) in [5, 5.41) is 0. The SMILES string of the molecule is CCCCCC[CH]S(=O)(=O)O. The molecule has 0 aromatic heterocycles. The van der Waals surface area contributed by atoms with Crippen LogP contribution in [-0.4, -0.2) is 13.0 Å². The summed E-state index contributed by atoms with van der Waals surface area (Å²) in [4.78, 5) is 0. The number of hydrogen-bond acceptors (Lipinski definition) is 2. The van der Waals surface area contributed by atoms with Crippen molar-refractivity contribution in [3.8, 4) is 0 Å². The predicted octanol–water partition coefficient (Wildman–Crippen LogP) is 2.01. The van der Waals surface area contributed by atoms with Crippen molar-refractivity contribution in [3.05, 3.63) is 5.75 Å².